The number of hydrogen-bond donors (Lipinski definition) is 3. The molecule has 2 heterocycles. The van der Waals surface area contributed by atoms with Crippen LogP contribution in [0.5, 0.6) is 0 Å². The van der Waals surface area contributed by atoms with E-state index in [9.17, 15) is 14.0 Å². The zero-order chi connectivity index (χ0) is 29.3. The first kappa shape index (κ1) is 29.8. The fourth-order valence-electron chi connectivity index (χ4n) is 5.51. The van der Waals surface area contributed by atoms with Gasteiger partial charge in [0.1, 0.15) is 5.82 Å². The summed E-state index contributed by atoms with van der Waals surface area (Å²) < 4.78 is 18.9. The number of nitrogens with one attached hydrogen (secondary N) is 3. The molecule has 0 saturated carbocycles. The highest BCUT2D eigenvalue weighted by Gasteiger charge is 2.24. The maximum atomic E-state index is 13.5. The number of anilines is 3. The smallest absolute Gasteiger partial charge is 0.323 e. The number of nitrogens with zero attached hydrogens (tertiary/aromatic N) is 2. The van der Waals surface area contributed by atoms with Crippen molar-refractivity contribution in [3.8, 4) is 0 Å². The molecule has 3 aromatic rings. The van der Waals surface area contributed by atoms with Crippen molar-refractivity contribution in [2.75, 3.05) is 68.0 Å². The molecule has 8 nitrogen and oxygen atoms in total. The highest BCUT2D eigenvalue weighted by molar-refractivity contribution is 6.31. The van der Waals surface area contributed by atoms with Crippen LogP contribution in [0.2, 0.25) is 5.02 Å². The number of ether oxygens (including phenoxy) is 1. The van der Waals surface area contributed by atoms with Crippen LogP contribution in [0.3, 0.4) is 0 Å². The Labute approximate surface area is 251 Å². The molecular weight excluding hydrogens is 557 g/mol. The third-order valence-corrected chi connectivity index (χ3v) is 8.11. The van der Waals surface area contributed by atoms with Gasteiger partial charge < -0.3 is 25.6 Å². The Kier molecular flexibility index (Phi) is 10.3. The number of halogens is 2. The topological polar surface area (TPSA) is 85.9 Å². The third-order valence-electron chi connectivity index (χ3n) is 7.82. The average Bonchev–Trinajstić information content (AvgIpc) is 3.00. The number of morpholine rings is 1. The first-order valence-corrected chi connectivity index (χ1v) is 14.9. The van der Waals surface area contributed by atoms with Crippen LogP contribution in [0, 0.1) is 11.7 Å². The monoisotopic (exact) mass is 593 g/mol. The van der Waals surface area contributed by atoms with E-state index in [0.29, 0.717) is 42.6 Å². The Balaban J connectivity index is 1.26. The van der Waals surface area contributed by atoms with Gasteiger partial charge in [0.15, 0.2) is 0 Å². The number of benzene rings is 3. The Bertz CT molecular complexity index is 1360. The van der Waals surface area contributed by atoms with Gasteiger partial charge in [-0.15, -0.1) is 0 Å². The second kappa shape index (κ2) is 14.5. The van der Waals surface area contributed by atoms with Crippen LogP contribution in [0.15, 0.2) is 66.7 Å². The van der Waals surface area contributed by atoms with Gasteiger partial charge in [-0.05, 0) is 67.1 Å². The molecule has 0 unspecified atom stereocenters. The molecule has 0 radical (unpaired) electrons. The molecular formula is C32H37ClFN5O3. The molecule has 0 aliphatic carbocycles. The summed E-state index contributed by atoms with van der Waals surface area (Å²) in [6, 6.07) is 19.4. The van der Waals surface area contributed by atoms with E-state index in [-0.39, 0.29) is 10.9 Å². The predicted octanol–water partition coefficient (Wildman–Crippen LogP) is 5.64. The van der Waals surface area contributed by atoms with Crippen molar-refractivity contribution in [2.24, 2.45) is 5.92 Å². The van der Waals surface area contributed by atoms with Crippen molar-refractivity contribution < 1.29 is 18.7 Å². The molecule has 0 atom stereocenters. The fraction of sp³-hybridized carbons (Fsp3) is 0.375. The maximum Gasteiger partial charge on any atom is 0.323 e. The molecule has 3 aromatic carbocycles. The van der Waals surface area contributed by atoms with Crippen LogP contribution in [-0.2, 0) is 11.2 Å². The molecule has 222 valence electrons. The van der Waals surface area contributed by atoms with Gasteiger partial charge in [-0.2, -0.15) is 0 Å². The van der Waals surface area contributed by atoms with E-state index in [1.54, 1.807) is 12.1 Å². The minimum Gasteiger partial charge on any atom is -0.379 e. The molecule has 3 N–H and O–H groups in total. The molecule has 0 bridgehead atoms. The summed E-state index contributed by atoms with van der Waals surface area (Å²) >= 11 is 5.84. The van der Waals surface area contributed by atoms with Crippen molar-refractivity contribution in [3.63, 3.8) is 0 Å². The quantitative estimate of drug-likeness (QED) is 0.299. The lowest BCUT2D eigenvalue weighted by atomic mass is 9.89. The van der Waals surface area contributed by atoms with Gasteiger partial charge in [0.05, 0.1) is 23.8 Å². The highest BCUT2D eigenvalue weighted by Crippen LogP contribution is 2.30. The maximum absolute atomic E-state index is 13.5. The van der Waals surface area contributed by atoms with Gasteiger partial charge in [-0.25, -0.2) is 9.18 Å². The van der Waals surface area contributed by atoms with Crippen molar-refractivity contribution in [3.05, 3.63) is 88.7 Å². The van der Waals surface area contributed by atoms with Gasteiger partial charge in [0, 0.05) is 56.3 Å². The standard InChI is InChI=1S/C32H37ClFN5O3/c33-28-22-26(6-8-29(28)34)37-32(41)36-25-7-9-30(27(21-25)31(40)35-12-15-38-16-18-42-19-17-38)39-13-10-24(11-14-39)20-23-4-2-1-3-5-23/h1-9,21-22,24H,10-20H2,(H,35,40)(H2,36,37,41). The molecule has 2 aliphatic heterocycles. The average molecular weight is 594 g/mol. The van der Waals surface area contributed by atoms with Crippen molar-refractivity contribution in [2.45, 2.75) is 19.3 Å². The van der Waals surface area contributed by atoms with E-state index in [1.807, 2.05) is 12.1 Å². The first-order valence-electron chi connectivity index (χ1n) is 14.5. The van der Waals surface area contributed by atoms with Gasteiger partial charge in [0.25, 0.3) is 5.91 Å². The van der Waals surface area contributed by atoms with Gasteiger partial charge in [-0.1, -0.05) is 41.9 Å². The number of hydrogen-bond acceptors (Lipinski definition) is 5. The Morgan fingerprint density at radius 1 is 0.905 bits per heavy atom. The third kappa shape index (κ3) is 8.21. The van der Waals surface area contributed by atoms with Crippen LogP contribution < -0.4 is 20.9 Å². The molecule has 42 heavy (non-hydrogen) atoms. The fourth-order valence-corrected chi connectivity index (χ4v) is 5.69. The Hall–Kier alpha value is -3.66. The number of rotatable bonds is 9. The SMILES string of the molecule is O=C(Nc1ccc(F)c(Cl)c1)Nc1ccc(N2CCC(Cc3ccccc3)CC2)c(C(=O)NCCN2CCOCC2)c1. The summed E-state index contributed by atoms with van der Waals surface area (Å²) in [5.41, 5.74) is 3.55. The zero-order valence-electron chi connectivity index (χ0n) is 23.6. The van der Waals surface area contributed by atoms with Crippen LogP contribution in [0.1, 0.15) is 28.8 Å². The molecule has 2 saturated heterocycles. The molecule has 2 fully saturated rings. The lowest BCUT2D eigenvalue weighted by Gasteiger charge is -2.35. The lowest BCUT2D eigenvalue weighted by Crippen LogP contribution is -2.41. The van der Waals surface area contributed by atoms with Crippen LogP contribution in [-0.4, -0.2) is 69.3 Å². The van der Waals surface area contributed by atoms with Gasteiger partial charge >= 0.3 is 6.03 Å². The van der Waals surface area contributed by atoms with E-state index in [0.717, 1.165) is 57.7 Å². The molecule has 3 amide bonds. The van der Waals surface area contributed by atoms with Crippen molar-refractivity contribution in [1.29, 1.82) is 0 Å². The first-order chi connectivity index (χ1) is 20.4. The van der Waals surface area contributed by atoms with Crippen LogP contribution in [0.4, 0.5) is 26.2 Å². The van der Waals surface area contributed by atoms with E-state index >= 15 is 0 Å². The van der Waals surface area contributed by atoms with E-state index < -0.39 is 11.8 Å². The van der Waals surface area contributed by atoms with E-state index in [1.165, 1.54) is 23.8 Å². The summed E-state index contributed by atoms with van der Waals surface area (Å²) in [7, 11) is 0. The lowest BCUT2D eigenvalue weighted by molar-refractivity contribution is 0.0383. The van der Waals surface area contributed by atoms with Crippen LogP contribution >= 0.6 is 11.6 Å². The molecule has 0 spiro atoms. The molecule has 5 rings (SSSR count). The predicted molar refractivity (Wildman–Crippen MR) is 165 cm³/mol. The largest absolute Gasteiger partial charge is 0.379 e. The molecule has 2 aliphatic rings. The van der Waals surface area contributed by atoms with Gasteiger partial charge in [0.2, 0.25) is 0 Å². The second-order valence-corrected chi connectivity index (χ2v) is 11.2. The number of carbonyl (C=O) groups is 2. The zero-order valence-corrected chi connectivity index (χ0v) is 24.3. The summed E-state index contributed by atoms with van der Waals surface area (Å²) in [5, 5.41) is 8.43. The van der Waals surface area contributed by atoms with Crippen molar-refractivity contribution >= 4 is 40.6 Å². The summed E-state index contributed by atoms with van der Waals surface area (Å²) in [4.78, 5) is 30.7. The number of urea groups is 1. The van der Waals surface area contributed by atoms with Crippen molar-refractivity contribution in [1.82, 2.24) is 10.2 Å². The van der Waals surface area contributed by atoms with E-state index in [2.05, 4.69) is 50.0 Å². The number of piperidine rings is 1. The van der Waals surface area contributed by atoms with Crippen LogP contribution in [0.25, 0.3) is 0 Å². The van der Waals surface area contributed by atoms with Gasteiger partial charge in [-0.3, -0.25) is 9.69 Å². The normalized spacial score (nSPS) is 16.2. The van der Waals surface area contributed by atoms with E-state index in [4.69, 9.17) is 16.3 Å². The summed E-state index contributed by atoms with van der Waals surface area (Å²) in [6.07, 6.45) is 3.13. The second-order valence-electron chi connectivity index (χ2n) is 10.8. The molecule has 0 aromatic heterocycles. The number of amides is 3. The summed E-state index contributed by atoms with van der Waals surface area (Å²) in [6.45, 7) is 6.08. The minimum atomic E-state index is -0.563. The summed E-state index contributed by atoms with van der Waals surface area (Å²) in [5.74, 6) is -0.148. The minimum absolute atomic E-state index is 0.0827. The molecule has 10 heteroatoms. The Morgan fingerprint density at radius 2 is 1.60 bits per heavy atom. The number of carbonyl (C=O) groups excluding carboxylic acids is 2. The highest BCUT2D eigenvalue weighted by atomic mass is 35.5. The Morgan fingerprint density at radius 3 is 2.31 bits per heavy atom.